The van der Waals surface area contributed by atoms with Crippen molar-refractivity contribution in [3.63, 3.8) is 0 Å². The molecule has 3 aliphatic rings. The Balaban J connectivity index is 1.96. The number of rotatable bonds is 2. The lowest BCUT2D eigenvalue weighted by molar-refractivity contribution is -0.120. The van der Waals surface area contributed by atoms with E-state index in [1.54, 1.807) is 0 Å². The SMILES string of the molecule is NC1=NC2=C([C@@H]3O[C@H](CO)[C@@H](O)[C@H]3O)C=NC2C(=O)N1. The normalized spacial score (nSPS) is 39.9. The first kappa shape index (κ1) is 13.2. The lowest BCUT2D eigenvalue weighted by Gasteiger charge is -2.19. The summed E-state index contributed by atoms with van der Waals surface area (Å²) in [6, 6.07) is -0.821. The van der Waals surface area contributed by atoms with Gasteiger partial charge in [-0.2, -0.15) is 0 Å². The van der Waals surface area contributed by atoms with E-state index < -0.39 is 43.0 Å². The van der Waals surface area contributed by atoms with Gasteiger partial charge in [0.25, 0.3) is 5.91 Å². The van der Waals surface area contributed by atoms with Gasteiger partial charge in [0.2, 0.25) is 0 Å². The van der Waals surface area contributed by atoms with Crippen molar-refractivity contribution in [2.45, 2.75) is 30.5 Å². The Kier molecular flexibility index (Phi) is 3.05. The number of aliphatic hydroxyl groups is 3. The van der Waals surface area contributed by atoms with E-state index in [1.807, 2.05) is 0 Å². The second kappa shape index (κ2) is 4.63. The number of carbonyl (C=O) groups is 1. The van der Waals surface area contributed by atoms with Crippen LogP contribution in [0, 0.1) is 0 Å². The summed E-state index contributed by atoms with van der Waals surface area (Å²) in [4.78, 5) is 19.7. The van der Waals surface area contributed by atoms with E-state index in [-0.39, 0.29) is 5.96 Å². The minimum Gasteiger partial charge on any atom is -0.394 e. The Labute approximate surface area is 113 Å². The van der Waals surface area contributed by atoms with Crippen molar-refractivity contribution in [3.05, 3.63) is 11.3 Å². The molecule has 0 aromatic heterocycles. The van der Waals surface area contributed by atoms with Crippen LogP contribution in [-0.2, 0) is 9.53 Å². The third-order valence-electron chi connectivity index (χ3n) is 3.51. The van der Waals surface area contributed by atoms with Crippen LogP contribution < -0.4 is 11.1 Å². The van der Waals surface area contributed by atoms with E-state index in [4.69, 9.17) is 15.6 Å². The van der Waals surface area contributed by atoms with Crippen LogP contribution in [0.3, 0.4) is 0 Å². The van der Waals surface area contributed by atoms with Crippen LogP contribution in [0.15, 0.2) is 21.3 Å². The van der Waals surface area contributed by atoms with E-state index in [9.17, 15) is 15.0 Å². The number of aliphatic hydroxyl groups excluding tert-OH is 3. The predicted octanol–water partition coefficient (Wildman–Crippen LogP) is -3.38. The summed E-state index contributed by atoms with van der Waals surface area (Å²) >= 11 is 0. The molecule has 0 radical (unpaired) electrons. The first-order valence-electron chi connectivity index (χ1n) is 6.07. The van der Waals surface area contributed by atoms with Gasteiger partial charge in [0, 0.05) is 11.8 Å². The van der Waals surface area contributed by atoms with Gasteiger partial charge >= 0.3 is 0 Å². The lowest BCUT2D eigenvalue weighted by atomic mass is 9.99. The molecule has 9 nitrogen and oxygen atoms in total. The van der Waals surface area contributed by atoms with Crippen LogP contribution in [0.1, 0.15) is 0 Å². The van der Waals surface area contributed by atoms with E-state index in [0.717, 1.165) is 0 Å². The monoisotopic (exact) mass is 282 g/mol. The fourth-order valence-corrected chi connectivity index (χ4v) is 2.50. The van der Waals surface area contributed by atoms with Crippen molar-refractivity contribution in [2.24, 2.45) is 15.7 Å². The number of nitrogens with zero attached hydrogens (tertiary/aromatic N) is 2. The number of fused-ring (bicyclic) bond motifs is 1. The van der Waals surface area contributed by atoms with Gasteiger partial charge in [-0.25, -0.2) is 4.99 Å². The zero-order valence-corrected chi connectivity index (χ0v) is 10.3. The Hall–Kier alpha value is -1.81. The zero-order chi connectivity index (χ0) is 14.4. The number of carbonyl (C=O) groups excluding carboxylic acids is 1. The van der Waals surface area contributed by atoms with Crippen molar-refractivity contribution >= 4 is 18.1 Å². The van der Waals surface area contributed by atoms with Gasteiger partial charge in [-0.05, 0) is 0 Å². The van der Waals surface area contributed by atoms with Gasteiger partial charge in [-0.3, -0.25) is 15.1 Å². The molecule has 3 heterocycles. The molecule has 0 saturated carbocycles. The summed E-state index contributed by atoms with van der Waals surface area (Å²) in [5, 5.41) is 31.1. The van der Waals surface area contributed by atoms with Gasteiger partial charge < -0.3 is 25.8 Å². The van der Waals surface area contributed by atoms with Gasteiger partial charge in [-0.15, -0.1) is 0 Å². The highest BCUT2D eigenvalue weighted by atomic mass is 16.6. The zero-order valence-electron chi connectivity index (χ0n) is 10.3. The first-order chi connectivity index (χ1) is 9.52. The molecule has 6 N–H and O–H groups in total. The van der Waals surface area contributed by atoms with Crippen molar-refractivity contribution in [1.29, 1.82) is 0 Å². The van der Waals surface area contributed by atoms with E-state index >= 15 is 0 Å². The van der Waals surface area contributed by atoms with Crippen LogP contribution in [0.2, 0.25) is 0 Å². The van der Waals surface area contributed by atoms with Crippen molar-refractivity contribution in [3.8, 4) is 0 Å². The summed E-state index contributed by atoms with van der Waals surface area (Å²) in [5.74, 6) is -0.471. The molecular formula is C11H14N4O5. The second-order valence-corrected chi connectivity index (χ2v) is 4.77. The van der Waals surface area contributed by atoms with E-state index in [1.165, 1.54) is 6.21 Å². The summed E-state index contributed by atoms with van der Waals surface area (Å²) < 4.78 is 5.40. The average molecular weight is 282 g/mol. The fraction of sp³-hybridized carbons (Fsp3) is 0.545. The number of nitrogens with one attached hydrogen (secondary N) is 1. The Morgan fingerprint density at radius 3 is 2.80 bits per heavy atom. The molecule has 5 atom stereocenters. The molecule has 3 aliphatic heterocycles. The minimum absolute atomic E-state index is 0.0593. The third kappa shape index (κ3) is 1.83. The number of ether oxygens (including phenoxy) is 1. The van der Waals surface area contributed by atoms with Crippen molar-refractivity contribution in [2.75, 3.05) is 6.61 Å². The number of hydrogen-bond donors (Lipinski definition) is 5. The lowest BCUT2D eigenvalue weighted by Crippen LogP contribution is -2.46. The largest absolute Gasteiger partial charge is 0.394 e. The van der Waals surface area contributed by atoms with Crippen LogP contribution in [-0.4, -0.2) is 70.5 Å². The molecule has 108 valence electrons. The highest BCUT2D eigenvalue weighted by Gasteiger charge is 2.47. The molecule has 1 unspecified atom stereocenters. The smallest absolute Gasteiger partial charge is 0.257 e. The summed E-state index contributed by atoms with van der Waals surface area (Å²) in [6.45, 7) is -0.427. The molecule has 20 heavy (non-hydrogen) atoms. The maximum atomic E-state index is 11.7. The van der Waals surface area contributed by atoms with Crippen LogP contribution >= 0.6 is 0 Å². The standard InChI is InChI=1S/C11H14N4O5/c12-11-14-5-3(1-13-6(5)10(19)15-11)9-8(18)7(17)4(2-16)20-9/h1,4,6-9,16-18H,2H2,(H3,12,14,15,19)/t4-,6?,7-,8-,9+/m1/s1. The Morgan fingerprint density at radius 1 is 1.40 bits per heavy atom. The third-order valence-corrected chi connectivity index (χ3v) is 3.51. The van der Waals surface area contributed by atoms with Gasteiger partial charge in [0.1, 0.15) is 24.4 Å². The van der Waals surface area contributed by atoms with Crippen molar-refractivity contribution in [1.82, 2.24) is 5.32 Å². The maximum absolute atomic E-state index is 11.7. The predicted molar refractivity (Wildman–Crippen MR) is 66.8 cm³/mol. The van der Waals surface area contributed by atoms with E-state index in [2.05, 4.69) is 15.3 Å². The van der Waals surface area contributed by atoms with Crippen molar-refractivity contribution < 1.29 is 24.9 Å². The molecule has 0 aliphatic carbocycles. The highest BCUT2D eigenvalue weighted by molar-refractivity contribution is 6.06. The molecule has 0 aromatic carbocycles. The maximum Gasteiger partial charge on any atom is 0.257 e. The highest BCUT2D eigenvalue weighted by Crippen LogP contribution is 2.32. The molecule has 1 saturated heterocycles. The molecule has 0 bridgehead atoms. The number of amides is 1. The number of hydrogen-bond acceptors (Lipinski definition) is 8. The molecule has 1 amide bonds. The molecule has 0 spiro atoms. The second-order valence-electron chi connectivity index (χ2n) is 4.77. The quantitative estimate of drug-likeness (QED) is 0.356. The minimum atomic E-state index is -1.23. The summed E-state index contributed by atoms with van der Waals surface area (Å²) in [7, 11) is 0. The van der Waals surface area contributed by atoms with Crippen LogP contribution in [0.5, 0.6) is 0 Å². The topological polar surface area (TPSA) is 150 Å². The van der Waals surface area contributed by atoms with Gasteiger partial charge in [-0.1, -0.05) is 0 Å². The molecular weight excluding hydrogens is 268 g/mol. The summed E-state index contributed by atoms with van der Waals surface area (Å²) in [6.07, 6.45) is -2.88. The number of nitrogens with two attached hydrogens (primary N) is 1. The van der Waals surface area contributed by atoms with Gasteiger partial charge in [0.05, 0.1) is 12.3 Å². The van der Waals surface area contributed by atoms with Crippen LogP contribution in [0.4, 0.5) is 0 Å². The summed E-state index contributed by atoms with van der Waals surface area (Å²) in [5.41, 5.74) is 6.17. The van der Waals surface area contributed by atoms with E-state index in [0.29, 0.717) is 11.3 Å². The molecule has 3 rings (SSSR count). The molecule has 9 heteroatoms. The Bertz CT molecular complexity index is 543. The molecule has 1 fully saturated rings. The van der Waals surface area contributed by atoms with Gasteiger partial charge in [0.15, 0.2) is 12.0 Å². The number of aliphatic imine (C=N–C) groups is 2. The first-order valence-corrected chi connectivity index (χ1v) is 6.07. The van der Waals surface area contributed by atoms with Crippen LogP contribution in [0.25, 0.3) is 0 Å². The molecule has 0 aromatic rings. The average Bonchev–Trinajstić information content (AvgIpc) is 2.93. The fourth-order valence-electron chi connectivity index (χ4n) is 2.50. The Morgan fingerprint density at radius 2 is 2.15 bits per heavy atom. The number of guanidine groups is 1.